The molecule has 1 nitrogen and oxygen atoms in total. The Balaban J connectivity index is 2.43. The highest BCUT2D eigenvalue weighted by Crippen LogP contribution is 2.37. The number of rotatable bonds is 2. The van der Waals surface area contributed by atoms with Crippen LogP contribution in [0.5, 0.6) is 0 Å². The van der Waals surface area contributed by atoms with Gasteiger partial charge in [0.15, 0.2) is 0 Å². The van der Waals surface area contributed by atoms with Crippen LogP contribution in [0, 0.1) is 40.5 Å². The molecule has 0 amide bonds. The molecule has 0 bridgehead atoms. The van der Waals surface area contributed by atoms with Crippen molar-refractivity contribution in [3.63, 3.8) is 0 Å². The van der Waals surface area contributed by atoms with Crippen molar-refractivity contribution >= 4 is 0 Å². The van der Waals surface area contributed by atoms with Gasteiger partial charge in [-0.3, -0.25) is 0 Å². The molecular formula is C18H29N. The standard InChI is InChI=1S/C18H29N/c1-11-12(2)14(4)17(15(5)13(11)3)18(19)16-9-7-6-8-10-16/h16,18H,6-10,19H2,1-5H3/t18-/m1/s1. The quantitative estimate of drug-likeness (QED) is 0.810. The number of benzene rings is 1. The summed E-state index contributed by atoms with van der Waals surface area (Å²) in [4.78, 5) is 0. The molecule has 1 atom stereocenters. The minimum atomic E-state index is 0.235. The van der Waals surface area contributed by atoms with E-state index < -0.39 is 0 Å². The first kappa shape index (κ1) is 14.6. The van der Waals surface area contributed by atoms with E-state index in [2.05, 4.69) is 34.6 Å². The van der Waals surface area contributed by atoms with Crippen LogP contribution in [0.1, 0.15) is 71.5 Å². The van der Waals surface area contributed by atoms with Gasteiger partial charge in [0.1, 0.15) is 0 Å². The summed E-state index contributed by atoms with van der Waals surface area (Å²) in [6.45, 7) is 11.2. The lowest BCUT2D eigenvalue weighted by Crippen LogP contribution is -2.26. The topological polar surface area (TPSA) is 26.0 Å². The van der Waals surface area contributed by atoms with E-state index in [1.54, 1.807) is 0 Å². The highest BCUT2D eigenvalue weighted by Gasteiger charge is 2.25. The van der Waals surface area contributed by atoms with Crippen LogP contribution in [0.4, 0.5) is 0 Å². The Morgan fingerprint density at radius 1 is 0.737 bits per heavy atom. The molecule has 1 aliphatic rings. The fourth-order valence-electron chi connectivity index (χ4n) is 3.76. The molecular weight excluding hydrogens is 230 g/mol. The van der Waals surface area contributed by atoms with Gasteiger partial charge in [0.25, 0.3) is 0 Å². The summed E-state index contributed by atoms with van der Waals surface area (Å²) in [6, 6.07) is 0.235. The molecule has 0 aromatic heterocycles. The van der Waals surface area contributed by atoms with Gasteiger partial charge in [-0.15, -0.1) is 0 Å². The first-order chi connectivity index (χ1) is 8.95. The van der Waals surface area contributed by atoms with E-state index in [0.717, 1.165) is 0 Å². The van der Waals surface area contributed by atoms with Crippen LogP contribution < -0.4 is 5.73 Å². The van der Waals surface area contributed by atoms with Crippen LogP contribution in [0.15, 0.2) is 0 Å². The van der Waals surface area contributed by atoms with Crippen molar-refractivity contribution in [3.05, 3.63) is 33.4 Å². The first-order valence-corrected chi connectivity index (χ1v) is 7.77. The Kier molecular flexibility index (Phi) is 4.35. The highest BCUT2D eigenvalue weighted by atomic mass is 14.7. The van der Waals surface area contributed by atoms with Gasteiger partial charge in [0.05, 0.1) is 0 Å². The largest absolute Gasteiger partial charge is 0.324 e. The molecule has 1 saturated carbocycles. The maximum atomic E-state index is 6.66. The minimum absolute atomic E-state index is 0.235. The van der Waals surface area contributed by atoms with Crippen molar-refractivity contribution in [1.29, 1.82) is 0 Å². The van der Waals surface area contributed by atoms with Crippen LogP contribution >= 0.6 is 0 Å². The number of hydrogen-bond acceptors (Lipinski definition) is 1. The second-order valence-corrected chi connectivity index (χ2v) is 6.46. The SMILES string of the molecule is Cc1c(C)c(C)c([C@H](N)C2CCCCC2)c(C)c1C. The number of hydrogen-bond donors (Lipinski definition) is 1. The van der Waals surface area contributed by atoms with Gasteiger partial charge < -0.3 is 5.73 Å². The van der Waals surface area contributed by atoms with E-state index >= 15 is 0 Å². The van der Waals surface area contributed by atoms with Crippen LogP contribution in [0.2, 0.25) is 0 Å². The third-order valence-corrected chi connectivity index (χ3v) is 5.55. The van der Waals surface area contributed by atoms with E-state index in [4.69, 9.17) is 5.73 Å². The summed E-state index contributed by atoms with van der Waals surface area (Å²) in [5.74, 6) is 0.688. The summed E-state index contributed by atoms with van der Waals surface area (Å²) in [5, 5.41) is 0. The van der Waals surface area contributed by atoms with Gasteiger partial charge >= 0.3 is 0 Å². The summed E-state index contributed by atoms with van der Waals surface area (Å²) < 4.78 is 0. The van der Waals surface area contributed by atoms with Crippen LogP contribution in [-0.2, 0) is 0 Å². The normalized spacial score (nSPS) is 18.6. The van der Waals surface area contributed by atoms with E-state index in [0.29, 0.717) is 5.92 Å². The molecule has 0 unspecified atom stereocenters. The predicted molar refractivity (Wildman–Crippen MR) is 83.6 cm³/mol. The Morgan fingerprint density at radius 3 is 1.63 bits per heavy atom. The lowest BCUT2D eigenvalue weighted by Gasteiger charge is -2.31. The fourth-order valence-corrected chi connectivity index (χ4v) is 3.76. The number of nitrogens with two attached hydrogens (primary N) is 1. The van der Waals surface area contributed by atoms with Crippen molar-refractivity contribution in [3.8, 4) is 0 Å². The van der Waals surface area contributed by atoms with Crippen molar-refractivity contribution in [2.24, 2.45) is 11.7 Å². The molecule has 1 heteroatoms. The Hall–Kier alpha value is -0.820. The summed E-state index contributed by atoms with van der Waals surface area (Å²) >= 11 is 0. The third-order valence-electron chi connectivity index (χ3n) is 5.55. The lowest BCUT2D eigenvalue weighted by molar-refractivity contribution is 0.307. The van der Waals surface area contributed by atoms with Crippen LogP contribution in [0.3, 0.4) is 0 Å². The van der Waals surface area contributed by atoms with E-state index in [9.17, 15) is 0 Å². The van der Waals surface area contributed by atoms with Gasteiger partial charge in [-0.2, -0.15) is 0 Å². The molecule has 1 aromatic rings. The lowest BCUT2D eigenvalue weighted by atomic mass is 9.77. The van der Waals surface area contributed by atoms with Gasteiger partial charge in [-0.05, 0) is 86.8 Å². The van der Waals surface area contributed by atoms with E-state index in [1.807, 2.05) is 0 Å². The Morgan fingerprint density at radius 2 is 1.16 bits per heavy atom. The zero-order valence-electron chi connectivity index (χ0n) is 13.3. The average Bonchev–Trinajstić information content (AvgIpc) is 2.44. The third kappa shape index (κ3) is 2.58. The second kappa shape index (κ2) is 5.66. The van der Waals surface area contributed by atoms with Crippen LogP contribution in [-0.4, -0.2) is 0 Å². The minimum Gasteiger partial charge on any atom is -0.324 e. The molecule has 106 valence electrons. The molecule has 0 radical (unpaired) electrons. The van der Waals surface area contributed by atoms with Gasteiger partial charge in [-0.25, -0.2) is 0 Å². The molecule has 0 heterocycles. The van der Waals surface area contributed by atoms with Gasteiger partial charge in [0, 0.05) is 6.04 Å². The Labute approximate surface area is 118 Å². The van der Waals surface area contributed by atoms with Crippen LogP contribution in [0.25, 0.3) is 0 Å². The van der Waals surface area contributed by atoms with Crippen molar-refractivity contribution in [2.45, 2.75) is 72.8 Å². The van der Waals surface area contributed by atoms with Gasteiger partial charge in [-0.1, -0.05) is 19.3 Å². The van der Waals surface area contributed by atoms with E-state index in [-0.39, 0.29) is 6.04 Å². The predicted octanol–water partition coefficient (Wildman–Crippen LogP) is 4.81. The zero-order valence-corrected chi connectivity index (χ0v) is 13.3. The summed E-state index contributed by atoms with van der Waals surface area (Å²) in [5.41, 5.74) is 15.3. The first-order valence-electron chi connectivity index (χ1n) is 7.77. The molecule has 19 heavy (non-hydrogen) atoms. The Bertz CT molecular complexity index is 438. The zero-order chi connectivity index (χ0) is 14.2. The maximum absolute atomic E-state index is 6.66. The molecule has 1 fully saturated rings. The van der Waals surface area contributed by atoms with Gasteiger partial charge in [0.2, 0.25) is 0 Å². The smallest absolute Gasteiger partial charge is 0.0328 e. The summed E-state index contributed by atoms with van der Waals surface area (Å²) in [7, 11) is 0. The molecule has 1 aliphatic carbocycles. The maximum Gasteiger partial charge on any atom is 0.0328 e. The molecule has 0 spiro atoms. The summed E-state index contributed by atoms with van der Waals surface area (Å²) in [6.07, 6.45) is 6.74. The van der Waals surface area contributed by atoms with Crippen molar-refractivity contribution in [1.82, 2.24) is 0 Å². The molecule has 0 saturated heterocycles. The molecule has 0 aliphatic heterocycles. The highest BCUT2D eigenvalue weighted by molar-refractivity contribution is 5.50. The monoisotopic (exact) mass is 259 g/mol. The van der Waals surface area contributed by atoms with E-state index in [1.165, 1.54) is 65.5 Å². The molecule has 2 rings (SSSR count). The van der Waals surface area contributed by atoms with Crippen molar-refractivity contribution < 1.29 is 0 Å². The molecule has 2 N–H and O–H groups in total. The molecule has 1 aromatic carbocycles. The average molecular weight is 259 g/mol. The fraction of sp³-hybridized carbons (Fsp3) is 0.667. The van der Waals surface area contributed by atoms with Crippen molar-refractivity contribution in [2.75, 3.05) is 0 Å². The second-order valence-electron chi connectivity index (χ2n) is 6.46.